The molecular weight excluding hydrogens is 313 g/mol. The molecule has 0 saturated carbocycles. The summed E-state index contributed by atoms with van der Waals surface area (Å²) >= 11 is 3.11. The van der Waals surface area contributed by atoms with Gasteiger partial charge in [-0.1, -0.05) is 22.9 Å². The van der Waals surface area contributed by atoms with Gasteiger partial charge in [-0.15, -0.1) is 0 Å². The number of rotatable bonds is 4. The van der Waals surface area contributed by atoms with Crippen molar-refractivity contribution in [3.8, 4) is 5.75 Å². The summed E-state index contributed by atoms with van der Waals surface area (Å²) in [6.07, 6.45) is -3.48. The Bertz CT molecular complexity index is 444. The van der Waals surface area contributed by atoms with E-state index in [9.17, 15) is 18.0 Å². The van der Waals surface area contributed by atoms with Gasteiger partial charge in [-0.3, -0.25) is 0 Å². The van der Waals surface area contributed by atoms with Crippen LogP contribution in [0.4, 0.5) is 13.2 Å². The summed E-state index contributed by atoms with van der Waals surface area (Å²) < 4.78 is 43.2. The van der Waals surface area contributed by atoms with E-state index in [1.807, 2.05) is 0 Å². The maximum atomic E-state index is 12.6. The minimum Gasteiger partial charge on any atom is -0.496 e. The van der Waals surface area contributed by atoms with Gasteiger partial charge < -0.3 is 9.53 Å². The van der Waals surface area contributed by atoms with Gasteiger partial charge >= 0.3 is 6.18 Å². The fourth-order valence-corrected chi connectivity index (χ4v) is 2.50. The smallest absolute Gasteiger partial charge is 0.416 e. The van der Waals surface area contributed by atoms with Crippen molar-refractivity contribution in [3.05, 3.63) is 27.7 Å². The van der Waals surface area contributed by atoms with Gasteiger partial charge in [0, 0.05) is 16.5 Å². The van der Waals surface area contributed by atoms with Crippen LogP contribution in [0.1, 0.15) is 30.4 Å². The number of alkyl halides is 3. The van der Waals surface area contributed by atoms with E-state index in [4.69, 9.17) is 4.74 Å². The van der Waals surface area contributed by atoms with Crippen molar-refractivity contribution >= 4 is 22.2 Å². The molecule has 1 aromatic carbocycles. The van der Waals surface area contributed by atoms with Gasteiger partial charge in [0.2, 0.25) is 0 Å². The van der Waals surface area contributed by atoms with E-state index in [0.29, 0.717) is 10.0 Å². The highest BCUT2D eigenvalue weighted by Crippen LogP contribution is 2.40. The number of ether oxygens (including phenoxy) is 1. The summed E-state index contributed by atoms with van der Waals surface area (Å²) in [7, 11) is 1.30. The van der Waals surface area contributed by atoms with Crippen molar-refractivity contribution in [2.75, 3.05) is 7.11 Å². The lowest BCUT2D eigenvalue weighted by atomic mass is 9.96. The maximum absolute atomic E-state index is 12.6. The topological polar surface area (TPSA) is 26.3 Å². The zero-order valence-corrected chi connectivity index (χ0v) is 11.4. The SMILES string of the molecule is COc1cc(C(F)(F)F)cc(Br)c1C(C)CC=O. The number of methoxy groups -OCH3 is 1. The van der Waals surface area contributed by atoms with Crippen LogP contribution in [0.25, 0.3) is 0 Å². The summed E-state index contributed by atoms with van der Waals surface area (Å²) in [4.78, 5) is 10.5. The van der Waals surface area contributed by atoms with Gasteiger partial charge in [-0.2, -0.15) is 13.2 Å². The second kappa shape index (κ2) is 5.73. The Hall–Kier alpha value is -1.04. The fraction of sp³-hybridized carbons (Fsp3) is 0.417. The first kappa shape index (κ1) is 15.0. The van der Waals surface area contributed by atoms with Crippen molar-refractivity contribution in [1.82, 2.24) is 0 Å². The summed E-state index contributed by atoms with van der Waals surface area (Å²) in [6, 6.07) is 1.94. The zero-order chi connectivity index (χ0) is 13.9. The van der Waals surface area contributed by atoms with Gasteiger partial charge in [0.1, 0.15) is 12.0 Å². The number of hydrogen-bond acceptors (Lipinski definition) is 2. The Morgan fingerprint density at radius 1 is 1.44 bits per heavy atom. The number of carbonyl (C=O) groups excluding carboxylic acids is 1. The summed E-state index contributed by atoms with van der Waals surface area (Å²) in [5, 5.41) is 0. The Labute approximate surface area is 111 Å². The Balaban J connectivity index is 3.33. The first-order valence-electron chi connectivity index (χ1n) is 5.19. The highest BCUT2D eigenvalue weighted by Gasteiger charge is 2.32. The van der Waals surface area contributed by atoms with Crippen LogP contribution in [0, 0.1) is 0 Å². The van der Waals surface area contributed by atoms with Crippen molar-refractivity contribution in [2.24, 2.45) is 0 Å². The third kappa shape index (κ3) is 3.25. The monoisotopic (exact) mass is 324 g/mol. The molecule has 0 aromatic heterocycles. The Kier molecular flexibility index (Phi) is 4.78. The van der Waals surface area contributed by atoms with E-state index in [-0.39, 0.29) is 18.1 Å². The van der Waals surface area contributed by atoms with Gasteiger partial charge in [0.05, 0.1) is 12.7 Å². The number of carbonyl (C=O) groups is 1. The van der Waals surface area contributed by atoms with Crippen LogP contribution >= 0.6 is 15.9 Å². The van der Waals surface area contributed by atoms with Gasteiger partial charge in [0.25, 0.3) is 0 Å². The van der Waals surface area contributed by atoms with E-state index >= 15 is 0 Å². The van der Waals surface area contributed by atoms with Crippen LogP contribution in [0.2, 0.25) is 0 Å². The number of hydrogen-bond donors (Lipinski definition) is 0. The first-order valence-corrected chi connectivity index (χ1v) is 5.98. The summed E-state index contributed by atoms with van der Waals surface area (Å²) in [6.45, 7) is 1.75. The quantitative estimate of drug-likeness (QED) is 0.777. The molecule has 0 aliphatic rings. The normalized spacial score (nSPS) is 13.2. The third-order valence-electron chi connectivity index (χ3n) is 2.58. The summed E-state index contributed by atoms with van der Waals surface area (Å²) in [5.74, 6) is -0.0832. The van der Waals surface area contributed by atoms with Crippen molar-refractivity contribution in [2.45, 2.75) is 25.4 Å². The average Bonchev–Trinajstić information content (AvgIpc) is 2.26. The molecule has 0 aliphatic carbocycles. The molecule has 0 radical (unpaired) electrons. The molecule has 1 aromatic rings. The average molecular weight is 325 g/mol. The van der Waals surface area contributed by atoms with Gasteiger partial charge in [-0.25, -0.2) is 0 Å². The molecule has 0 N–H and O–H groups in total. The molecule has 1 atom stereocenters. The van der Waals surface area contributed by atoms with E-state index < -0.39 is 11.7 Å². The molecule has 1 unspecified atom stereocenters. The second-order valence-corrected chi connectivity index (χ2v) is 4.73. The number of benzene rings is 1. The highest BCUT2D eigenvalue weighted by molar-refractivity contribution is 9.10. The van der Waals surface area contributed by atoms with E-state index in [1.54, 1.807) is 6.92 Å². The minimum absolute atomic E-state index is 0.131. The molecule has 0 fully saturated rings. The van der Waals surface area contributed by atoms with Crippen LogP contribution in [0.5, 0.6) is 5.75 Å². The van der Waals surface area contributed by atoms with Crippen molar-refractivity contribution < 1.29 is 22.7 Å². The second-order valence-electron chi connectivity index (χ2n) is 3.88. The molecule has 0 aliphatic heterocycles. The van der Waals surface area contributed by atoms with Crippen LogP contribution in [0.3, 0.4) is 0 Å². The molecule has 2 nitrogen and oxygen atoms in total. The van der Waals surface area contributed by atoms with Crippen LogP contribution < -0.4 is 4.74 Å². The lowest BCUT2D eigenvalue weighted by molar-refractivity contribution is -0.137. The van der Waals surface area contributed by atoms with E-state index in [2.05, 4.69) is 15.9 Å². The van der Waals surface area contributed by atoms with Crippen LogP contribution in [0.15, 0.2) is 16.6 Å². The first-order chi connectivity index (χ1) is 8.31. The molecular formula is C12H12BrF3O2. The standard InChI is InChI=1S/C12H12BrF3O2/c1-7(3-4-17)11-9(13)5-8(12(14,15)16)6-10(11)18-2/h4-7H,3H2,1-2H3. The largest absolute Gasteiger partial charge is 0.496 e. The Morgan fingerprint density at radius 3 is 2.50 bits per heavy atom. The molecule has 18 heavy (non-hydrogen) atoms. The Morgan fingerprint density at radius 2 is 2.06 bits per heavy atom. The van der Waals surface area contributed by atoms with Crippen molar-refractivity contribution in [1.29, 1.82) is 0 Å². The lowest BCUT2D eigenvalue weighted by Crippen LogP contribution is -2.08. The van der Waals surface area contributed by atoms with Crippen LogP contribution in [-0.4, -0.2) is 13.4 Å². The molecule has 0 amide bonds. The summed E-state index contributed by atoms with van der Waals surface area (Å²) in [5.41, 5.74) is -0.217. The fourth-order valence-electron chi connectivity index (χ4n) is 1.67. The highest BCUT2D eigenvalue weighted by atomic mass is 79.9. The number of halogens is 4. The molecule has 0 spiro atoms. The van der Waals surface area contributed by atoms with Gasteiger partial charge in [0.15, 0.2) is 0 Å². The minimum atomic E-state index is -4.43. The maximum Gasteiger partial charge on any atom is 0.416 e. The molecule has 1 rings (SSSR count). The molecule has 100 valence electrons. The van der Waals surface area contributed by atoms with Crippen LogP contribution in [-0.2, 0) is 11.0 Å². The van der Waals surface area contributed by atoms with E-state index in [1.165, 1.54) is 7.11 Å². The predicted molar refractivity (Wildman–Crippen MR) is 64.8 cm³/mol. The molecule has 0 heterocycles. The molecule has 0 bridgehead atoms. The zero-order valence-electron chi connectivity index (χ0n) is 9.84. The lowest BCUT2D eigenvalue weighted by Gasteiger charge is -2.18. The molecule has 6 heteroatoms. The number of aldehydes is 1. The predicted octanol–water partition coefficient (Wildman–Crippen LogP) is 4.17. The third-order valence-corrected chi connectivity index (χ3v) is 3.24. The van der Waals surface area contributed by atoms with E-state index in [0.717, 1.165) is 18.4 Å². The molecule has 0 saturated heterocycles. The van der Waals surface area contributed by atoms with Crippen molar-refractivity contribution in [3.63, 3.8) is 0 Å². The van der Waals surface area contributed by atoms with Gasteiger partial charge in [-0.05, 0) is 18.1 Å².